The molecule has 4 nitrogen and oxygen atoms in total. The number of hydrogen-bond donors (Lipinski definition) is 2. The van der Waals surface area contributed by atoms with Gasteiger partial charge in [0.1, 0.15) is 0 Å². The molecule has 90 valence electrons. The Kier molecular flexibility index (Phi) is 8.33. The summed E-state index contributed by atoms with van der Waals surface area (Å²) in [7, 11) is 1.61. The third kappa shape index (κ3) is 7.33. The van der Waals surface area contributed by atoms with Gasteiger partial charge in [0.2, 0.25) is 5.91 Å². The number of carbonyl (C=O) groups excluding carboxylic acids is 1. The number of nitrogens with one attached hydrogen (secondary N) is 1. The number of carbonyl (C=O) groups is 1. The quantitative estimate of drug-likeness (QED) is 0.637. The maximum Gasteiger partial charge on any atom is 0.237 e. The van der Waals surface area contributed by atoms with E-state index in [9.17, 15) is 4.79 Å². The van der Waals surface area contributed by atoms with Gasteiger partial charge < -0.3 is 15.8 Å². The highest BCUT2D eigenvalue weighted by atomic mass is 16.5. The molecule has 0 aromatic heterocycles. The summed E-state index contributed by atoms with van der Waals surface area (Å²) in [6.07, 6.45) is 3.87. The third-order valence-electron chi connectivity index (χ3n) is 2.35. The van der Waals surface area contributed by atoms with E-state index in [0.29, 0.717) is 13.0 Å². The minimum Gasteiger partial charge on any atom is -0.385 e. The van der Waals surface area contributed by atoms with Crippen molar-refractivity contribution in [3.63, 3.8) is 0 Å². The van der Waals surface area contributed by atoms with Crippen molar-refractivity contribution in [2.75, 3.05) is 13.7 Å². The maximum atomic E-state index is 11.5. The summed E-state index contributed by atoms with van der Waals surface area (Å²) in [5, 5.41) is 2.90. The molecule has 0 heterocycles. The van der Waals surface area contributed by atoms with Gasteiger partial charge in [-0.15, -0.1) is 0 Å². The molecule has 2 unspecified atom stereocenters. The lowest BCUT2D eigenvalue weighted by atomic mass is 10.1. The molecule has 0 rings (SSSR count). The number of nitrogens with two attached hydrogens (primary N) is 1. The van der Waals surface area contributed by atoms with Gasteiger partial charge >= 0.3 is 0 Å². The van der Waals surface area contributed by atoms with E-state index in [2.05, 4.69) is 12.2 Å². The molecule has 0 fully saturated rings. The Morgan fingerprint density at radius 3 is 2.67 bits per heavy atom. The number of rotatable bonds is 8. The first kappa shape index (κ1) is 14.4. The van der Waals surface area contributed by atoms with Crippen LogP contribution in [0.5, 0.6) is 0 Å². The third-order valence-corrected chi connectivity index (χ3v) is 2.35. The van der Waals surface area contributed by atoms with Gasteiger partial charge in [0.25, 0.3) is 0 Å². The highest BCUT2D eigenvalue weighted by Crippen LogP contribution is 2.00. The van der Waals surface area contributed by atoms with Gasteiger partial charge in [-0.1, -0.05) is 19.8 Å². The summed E-state index contributed by atoms with van der Waals surface area (Å²) in [6.45, 7) is 4.67. The average Bonchev–Trinajstić information content (AvgIpc) is 2.22. The normalized spacial score (nSPS) is 14.7. The predicted molar refractivity (Wildman–Crippen MR) is 61.6 cm³/mol. The smallest absolute Gasteiger partial charge is 0.237 e. The monoisotopic (exact) mass is 216 g/mol. The Bertz CT molecular complexity index is 174. The molecule has 0 aromatic carbocycles. The first-order valence-corrected chi connectivity index (χ1v) is 5.66. The fourth-order valence-corrected chi connectivity index (χ4v) is 1.31. The first-order valence-electron chi connectivity index (χ1n) is 5.66. The van der Waals surface area contributed by atoms with Crippen LogP contribution in [0, 0.1) is 0 Å². The van der Waals surface area contributed by atoms with E-state index in [1.54, 1.807) is 7.11 Å². The zero-order valence-electron chi connectivity index (χ0n) is 10.1. The fraction of sp³-hybridized carbons (Fsp3) is 0.909. The minimum absolute atomic E-state index is 0.0735. The molecule has 0 aliphatic heterocycles. The molecule has 0 aliphatic carbocycles. The molecule has 1 amide bonds. The SMILES string of the molecule is CCCCC(C)NC(=O)C(N)CCOC. The average molecular weight is 216 g/mol. The van der Waals surface area contributed by atoms with Crippen LogP contribution in [0.15, 0.2) is 0 Å². The van der Waals surface area contributed by atoms with Crippen molar-refractivity contribution >= 4 is 5.91 Å². The second-order valence-corrected chi connectivity index (χ2v) is 3.94. The summed E-state index contributed by atoms with van der Waals surface area (Å²) in [4.78, 5) is 11.5. The molecule has 0 radical (unpaired) electrons. The van der Waals surface area contributed by atoms with Crippen molar-refractivity contribution in [1.82, 2.24) is 5.32 Å². The Labute approximate surface area is 92.6 Å². The number of amides is 1. The van der Waals surface area contributed by atoms with Gasteiger partial charge in [0.15, 0.2) is 0 Å². The summed E-state index contributed by atoms with van der Waals surface area (Å²) in [5.74, 6) is -0.0735. The van der Waals surface area contributed by atoms with E-state index in [1.165, 1.54) is 0 Å². The molecule has 0 bridgehead atoms. The second kappa shape index (κ2) is 8.68. The Morgan fingerprint density at radius 1 is 1.47 bits per heavy atom. The van der Waals surface area contributed by atoms with E-state index in [0.717, 1.165) is 19.3 Å². The van der Waals surface area contributed by atoms with Crippen molar-refractivity contribution in [2.45, 2.75) is 51.6 Å². The fourth-order valence-electron chi connectivity index (χ4n) is 1.31. The van der Waals surface area contributed by atoms with Gasteiger partial charge in [0, 0.05) is 19.8 Å². The van der Waals surface area contributed by atoms with Crippen molar-refractivity contribution < 1.29 is 9.53 Å². The molecule has 0 aromatic rings. The summed E-state index contributed by atoms with van der Waals surface area (Å²) < 4.78 is 4.87. The van der Waals surface area contributed by atoms with Crippen LogP contribution in [0.1, 0.15) is 39.5 Å². The second-order valence-electron chi connectivity index (χ2n) is 3.94. The van der Waals surface area contributed by atoms with Gasteiger partial charge in [-0.05, 0) is 19.8 Å². The zero-order chi connectivity index (χ0) is 11.7. The largest absolute Gasteiger partial charge is 0.385 e. The standard InChI is InChI=1S/C11H24N2O2/c1-4-5-6-9(2)13-11(14)10(12)7-8-15-3/h9-10H,4-8,12H2,1-3H3,(H,13,14). The Balaban J connectivity index is 3.70. The lowest BCUT2D eigenvalue weighted by molar-refractivity contribution is -0.123. The van der Waals surface area contributed by atoms with Crippen LogP contribution in [0.2, 0.25) is 0 Å². The molecule has 3 N–H and O–H groups in total. The highest BCUT2D eigenvalue weighted by molar-refractivity contribution is 5.81. The molecule has 4 heteroatoms. The van der Waals surface area contributed by atoms with Crippen LogP contribution in [-0.2, 0) is 9.53 Å². The molecular weight excluding hydrogens is 192 g/mol. The summed E-state index contributed by atoms with van der Waals surface area (Å²) in [6, 6.07) is -0.236. The number of unbranched alkanes of at least 4 members (excludes halogenated alkanes) is 1. The van der Waals surface area contributed by atoms with Crippen LogP contribution in [0.25, 0.3) is 0 Å². The Hall–Kier alpha value is -0.610. The molecule has 15 heavy (non-hydrogen) atoms. The number of hydrogen-bond acceptors (Lipinski definition) is 3. The molecule has 2 atom stereocenters. The van der Waals surface area contributed by atoms with E-state index in [4.69, 9.17) is 10.5 Å². The van der Waals surface area contributed by atoms with E-state index in [-0.39, 0.29) is 11.9 Å². The van der Waals surface area contributed by atoms with Crippen LogP contribution in [0.3, 0.4) is 0 Å². The molecule has 0 saturated carbocycles. The lowest BCUT2D eigenvalue weighted by Gasteiger charge is -2.17. The lowest BCUT2D eigenvalue weighted by Crippen LogP contribution is -2.44. The van der Waals surface area contributed by atoms with Crippen molar-refractivity contribution in [1.29, 1.82) is 0 Å². The first-order chi connectivity index (χ1) is 7.11. The van der Waals surface area contributed by atoms with Crippen molar-refractivity contribution in [3.8, 4) is 0 Å². The Morgan fingerprint density at radius 2 is 2.13 bits per heavy atom. The van der Waals surface area contributed by atoms with Crippen LogP contribution < -0.4 is 11.1 Å². The highest BCUT2D eigenvalue weighted by Gasteiger charge is 2.14. The van der Waals surface area contributed by atoms with Crippen LogP contribution >= 0.6 is 0 Å². The van der Waals surface area contributed by atoms with E-state index in [1.807, 2.05) is 6.92 Å². The van der Waals surface area contributed by atoms with Crippen molar-refractivity contribution in [2.24, 2.45) is 5.73 Å². The molecular formula is C11H24N2O2. The van der Waals surface area contributed by atoms with Gasteiger partial charge in [0.05, 0.1) is 6.04 Å². The minimum atomic E-state index is -0.450. The summed E-state index contributed by atoms with van der Waals surface area (Å²) in [5.41, 5.74) is 5.69. The van der Waals surface area contributed by atoms with Gasteiger partial charge in [-0.2, -0.15) is 0 Å². The van der Waals surface area contributed by atoms with Crippen LogP contribution in [0.4, 0.5) is 0 Å². The van der Waals surface area contributed by atoms with Crippen LogP contribution in [-0.4, -0.2) is 31.7 Å². The topological polar surface area (TPSA) is 64.4 Å². The molecule has 0 saturated heterocycles. The maximum absolute atomic E-state index is 11.5. The number of ether oxygens (including phenoxy) is 1. The molecule has 0 spiro atoms. The van der Waals surface area contributed by atoms with Gasteiger partial charge in [-0.25, -0.2) is 0 Å². The number of methoxy groups -OCH3 is 1. The molecule has 0 aliphatic rings. The van der Waals surface area contributed by atoms with Gasteiger partial charge in [-0.3, -0.25) is 4.79 Å². The zero-order valence-corrected chi connectivity index (χ0v) is 10.1. The van der Waals surface area contributed by atoms with Crippen molar-refractivity contribution in [3.05, 3.63) is 0 Å². The van der Waals surface area contributed by atoms with E-state index >= 15 is 0 Å². The predicted octanol–water partition coefficient (Wildman–Crippen LogP) is 1.05. The summed E-state index contributed by atoms with van der Waals surface area (Å²) >= 11 is 0. The van der Waals surface area contributed by atoms with E-state index < -0.39 is 6.04 Å².